The van der Waals surface area contributed by atoms with Crippen LogP contribution in [0.4, 0.5) is 5.69 Å². The third kappa shape index (κ3) is 2.41. The van der Waals surface area contributed by atoms with Crippen molar-refractivity contribution in [3.63, 3.8) is 0 Å². The van der Waals surface area contributed by atoms with Crippen molar-refractivity contribution >= 4 is 17.3 Å². The van der Waals surface area contributed by atoms with Crippen LogP contribution < -0.4 is 10.1 Å². The van der Waals surface area contributed by atoms with E-state index in [2.05, 4.69) is 15.4 Å². The molecule has 96 valence electrons. The highest BCUT2D eigenvalue weighted by Gasteiger charge is 2.13. The Morgan fingerprint density at radius 2 is 2.28 bits per heavy atom. The minimum Gasteiger partial charge on any atom is -0.481 e. The quantitative estimate of drug-likeness (QED) is 0.864. The fourth-order valence-electron chi connectivity index (χ4n) is 1.84. The van der Waals surface area contributed by atoms with Crippen LogP contribution in [-0.4, -0.2) is 21.9 Å². The maximum absolute atomic E-state index is 5.98. The summed E-state index contributed by atoms with van der Waals surface area (Å²) in [6.45, 7) is 2.54. The minimum absolute atomic E-state index is 0.456. The average molecular weight is 267 g/mol. The molecule has 0 atom stereocenters. The van der Waals surface area contributed by atoms with Gasteiger partial charge in [-0.3, -0.25) is 0 Å². The Morgan fingerprint density at radius 1 is 1.50 bits per heavy atom. The number of pyridine rings is 1. The first-order valence-electron chi connectivity index (χ1n) is 5.54. The van der Waals surface area contributed by atoms with Crippen molar-refractivity contribution in [2.75, 3.05) is 12.4 Å². The van der Waals surface area contributed by atoms with E-state index in [1.807, 2.05) is 26.1 Å². The van der Waals surface area contributed by atoms with Gasteiger partial charge in [-0.2, -0.15) is 5.10 Å². The SMILES string of the molecule is COc1c(CNc2cccnc2Cl)c(C)nn1C. The van der Waals surface area contributed by atoms with Crippen LogP contribution in [0.2, 0.25) is 5.15 Å². The van der Waals surface area contributed by atoms with Gasteiger partial charge >= 0.3 is 0 Å². The number of nitrogens with one attached hydrogen (secondary N) is 1. The number of nitrogens with zero attached hydrogens (tertiary/aromatic N) is 3. The lowest BCUT2D eigenvalue weighted by Gasteiger charge is -2.08. The normalized spacial score (nSPS) is 10.4. The molecule has 2 aromatic rings. The monoisotopic (exact) mass is 266 g/mol. The van der Waals surface area contributed by atoms with Crippen LogP contribution >= 0.6 is 11.6 Å². The number of ether oxygens (including phenoxy) is 1. The lowest BCUT2D eigenvalue weighted by molar-refractivity contribution is 0.370. The number of aryl methyl sites for hydroxylation is 2. The van der Waals surface area contributed by atoms with E-state index in [1.54, 1.807) is 18.0 Å². The Bertz CT molecular complexity index is 553. The zero-order valence-electron chi connectivity index (χ0n) is 10.6. The summed E-state index contributed by atoms with van der Waals surface area (Å²) in [5, 5.41) is 8.01. The average Bonchev–Trinajstić information content (AvgIpc) is 2.62. The zero-order chi connectivity index (χ0) is 13.1. The highest BCUT2D eigenvalue weighted by Crippen LogP contribution is 2.24. The van der Waals surface area contributed by atoms with Gasteiger partial charge in [-0.1, -0.05) is 11.6 Å². The molecule has 5 nitrogen and oxygen atoms in total. The van der Waals surface area contributed by atoms with Crippen molar-refractivity contribution in [2.24, 2.45) is 7.05 Å². The van der Waals surface area contributed by atoms with E-state index in [9.17, 15) is 0 Å². The summed E-state index contributed by atoms with van der Waals surface area (Å²) < 4.78 is 7.05. The third-order valence-electron chi connectivity index (χ3n) is 2.70. The largest absolute Gasteiger partial charge is 0.481 e. The first-order valence-corrected chi connectivity index (χ1v) is 5.92. The number of methoxy groups -OCH3 is 1. The van der Waals surface area contributed by atoms with E-state index >= 15 is 0 Å². The van der Waals surface area contributed by atoms with Crippen molar-refractivity contribution in [2.45, 2.75) is 13.5 Å². The molecular formula is C12H15ClN4O. The fraction of sp³-hybridized carbons (Fsp3) is 0.333. The minimum atomic E-state index is 0.456. The number of rotatable bonds is 4. The maximum Gasteiger partial charge on any atom is 0.216 e. The van der Waals surface area contributed by atoms with Crippen LogP contribution in [0.25, 0.3) is 0 Å². The summed E-state index contributed by atoms with van der Waals surface area (Å²) in [4.78, 5) is 4.01. The van der Waals surface area contributed by atoms with E-state index in [0.717, 1.165) is 22.8 Å². The topological polar surface area (TPSA) is 52.0 Å². The Hall–Kier alpha value is -1.75. The molecule has 0 aromatic carbocycles. The van der Waals surface area contributed by atoms with Crippen molar-refractivity contribution in [1.29, 1.82) is 0 Å². The van der Waals surface area contributed by atoms with Crippen LogP contribution in [0, 0.1) is 6.92 Å². The van der Waals surface area contributed by atoms with Gasteiger partial charge in [0.25, 0.3) is 0 Å². The second kappa shape index (κ2) is 5.27. The predicted octanol–water partition coefficient (Wildman–Crippen LogP) is 2.40. The molecule has 1 N–H and O–H groups in total. The van der Waals surface area contributed by atoms with E-state index < -0.39 is 0 Å². The number of hydrogen-bond donors (Lipinski definition) is 1. The number of aromatic nitrogens is 3. The highest BCUT2D eigenvalue weighted by atomic mass is 35.5. The van der Waals surface area contributed by atoms with E-state index in [1.165, 1.54) is 0 Å². The predicted molar refractivity (Wildman–Crippen MR) is 71.1 cm³/mol. The summed E-state index contributed by atoms with van der Waals surface area (Å²) in [7, 11) is 3.49. The van der Waals surface area contributed by atoms with Gasteiger partial charge in [-0.05, 0) is 19.1 Å². The zero-order valence-corrected chi connectivity index (χ0v) is 11.3. The second-order valence-corrected chi connectivity index (χ2v) is 4.25. The molecule has 0 saturated carbocycles. The summed E-state index contributed by atoms with van der Waals surface area (Å²) >= 11 is 5.98. The summed E-state index contributed by atoms with van der Waals surface area (Å²) in [5.74, 6) is 0.750. The molecule has 0 spiro atoms. The van der Waals surface area contributed by atoms with Gasteiger partial charge in [0, 0.05) is 19.8 Å². The molecule has 0 aliphatic heterocycles. The van der Waals surface area contributed by atoms with Crippen molar-refractivity contribution in [3.8, 4) is 5.88 Å². The summed E-state index contributed by atoms with van der Waals surface area (Å²) in [5.41, 5.74) is 2.74. The molecule has 0 saturated heterocycles. The Balaban J connectivity index is 2.18. The molecular weight excluding hydrogens is 252 g/mol. The van der Waals surface area contributed by atoms with Crippen LogP contribution in [0.3, 0.4) is 0 Å². The van der Waals surface area contributed by atoms with E-state index in [4.69, 9.17) is 16.3 Å². The van der Waals surface area contributed by atoms with E-state index in [-0.39, 0.29) is 0 Å². The summed E-state index contributed by atoms with van der Waals surface area (Å²) in [6.07, 6.45) is 1.66. The van der Waals surface area contributed by atoms with E-state index in [0.29, 0.717) is 11.7 Å². The molecule has 0 bridgehead atoms. The van der Waals surface area contributed by atoms with Gasteiger partial charge in [0.15, 0.2) is 5.15 Å². The summed E-state index contributed by atoms with van der Waals surface area (Å²) in [6, 6.07) is 3.72. The van der Waals surface area contributed by atoms with Gasteiger partial charge in [-0.15, -0.1) is 0 Å². The number of halogens is 1. The van der Waals surface area contributed by atoms with Gasteiger partial charge in [-0.25, -0.2) is 9.67 Å². The lowest BCUT2D eigenvalue weighted by atomic mass is 10.2. The highest BCUT2D eigenvalue weighted by molar-refractivity contribution is 6.31. The molecule has 0 aliphatic carbocycles. The molecule has 2 heterocycles. The Labute approximate surface area is 111 Å². The van der Waals surface area contributed by atoms with Crippen LogP contribution in [-0.2, 0) is 13.6 Å². The standard InChI is InChI=1S/C12H15ClN4O/c1-8-9(12(18-3)17(2)16-8)7-15-10-5-4-6-14-11(10)13/h4-6,15H,7H2,1-3H3. The molecule has 0 unspecified atom stereocenters. The van der Waals surface area contributed by atoms with Gasteiger partial charge in [0.05, 0.1) is 24.1 Å². The molecule has 0 fully saturated rings. The first kappa shape index (κ1) is 12.7. The first-order chi connectivity index (χ1) is 8.63. The fourth-order valence-corrected chi connectivity index (χ4v) is 2.03. The Kier molecular flexibility index (Phi) is 3.72. The number of anilines is 1. The van der Waals surface area contributed by atoms with Crippen molar-refractivity contribution in [3.05, 3.63) is 34.7 Å². The van der Waals surface area contributed by atoms with Crippen molar-refractivity contribution < 1.29 is 4.74 Å². The third-order valence-corrected chi connectivity index (χ3v) is 3.00. The molecule has 0 aliphatic rings. The van der Waals surface area contributed by atoms with Crippen LogP contribution in [0.1, 0.15) is 11.3 Å². The van der Waals surface area contributed by atoms with Gasteiger partial charge in [0.2, 0.25) is 5.88 Å². The Morgan fingerprint density at radius 3 is 2.94 bits per heavy atom. The molecule has 0 amide bonds. The molecule has 2 aromatic heterocycles. The maximum atomic E-state index is 5.98. The number of hydrogen-bond acceptors (Lipinski definition) is 4. The van der Waals surface area contributed by atoms with Crippen LogP contribution in [0.15, 0.2) is 18.3 Å². The smallest absolute Gasteiger partial charge is 0.216 e. The molecule has 6 heteroatoms. The molecule has 0 radical (unpaired) electrons. The van der Waals surface area contributed by atoms with Gasteiger partial charge in [0.1, 0.15) is 0 Å². The molecule has 18 heavy (non-hydrogen) atoms. The van der Waals surface area contributed by atoms with Gasteiger partial charge < -0.3 is 10.1 Å². The molecule has 2 rings (SSSR count). The second-order valence-electron chi connectivity index (χ2n) is 3.89. The van der Waals surface area contributed by atoms with Crippen molar-refractivity contribution in [1.82, 2.24) is 14.8 Å². The lowest BCUT2D eigenvalue weighted by Crippen LogP contribution is -2.03. The van der Waals surface area contributed by atoms with Crippen LogP contribution in [0.5, 0.6) is 5.88 Å².